The fraction of sp³-hybridized carbons (Fsp3) is 0.200. The minimum absolute atomic E-state index is 0.0913. The molecule has 0 radical (unpaired) electrons. The maximum atomic E-state index is 11.8. The molecular weight excluding hydrogens is 334 g/mol. The lowest BCUT2D eigenvalue weighted by Gasteiger charge is -2.11. The summed E-state index contributed by atoms with van der Waals surface area (Å²) in [5.41, 5.74) is 0.664. The number of nitrogens with one attached hydrogen (secondary N) is 2. The summed E-state index contributed by atoms with van der Waals surface area (Å²) in [6, 6.07) is 7.39. The largest absolute Gasteiger partial charge is 0.386 e. The van der Waals surface area contributed by atoms with Gasteiger partial charge in [-0.15, -0.1) is 11.3 Å². The van der Waals surface area contributed by atoms with Gasteiger partial charge >= 0.3 is 11.8 Å². The molecule has 24 heavy (non-hydrogen) atoms. The molecule has 126 valence electrons. The zero-order chi connectivity index (χ0) is 17.7. The number of aryl methyl sites for hydroxylation is 1. The maximum Gasteiger partial charge on any atom is 0.313 e. The van der Waals surface area contributed by atoms with Crippen LogP contribution in [-0.2, 0) is 9.59 Å². The molecule has 1 atom stereocenters. The molecule has 1 heterocycles. The molecule has 8 nitrogen and oxygen atoms in total. The molecule has 0 bridgehead atoms. The van der Waals surface area contributed by atoms with Gasteiger partial charge in [0.25, 0.3) is 5.69 Å². The van der Waals surface area contributed by atoms with Crippen LogP contribution in [0.4, 0.5) is 11.4 Å². The fourth-order valence-electron chi connectivity index (χ4n) is 1.93. The summed E-state index contributed by atoms with van der Waals surface area (Å²) in [6.07, 6.45) is -0.886. The number of carbonyl (C=O) groups excluding carboxylic acids is 2. The first-order chi connectivity index (χ1) is 11.4. The zero-order valence-corrected chi connectivity index (χ0v) is 13.5. The Balaban J connectivity index is 1.92. The first-order valence-corrected chi connectivity index (χ1v) is 7.82. The van der Waals surface area contributed by atoms with E-state index in [4.69, 9.17) is 0 Å². The van der Waals surface area contributed by atoms with Gasteiger partial charge in [0.1, 0.15) is 6.10 Å². The molecule has 0 spiro atoms. The lowest BCUT2D eigenvalue weighted by atomic mass is 10.2. The van der Waals surface area contributed by atoms with Gasteiger partial charge in [0.2, 0.25) is 0 Å². The highest BCUT2D eigenvalue weighted by Gasteiger charge is 2.18. The average molecular weight is 349 g/mol. The molecule has 0 aliphatic rings. The predicted octanol–water partition coefficient (Wildman–Crippen LogP) is 1.75. The molecule has 0 saturated carbocycles. The van der Waals surface area contributed by atoms with E-state index in [0.29, 0.717) is 16.1 Å². The van der Waals surface area contributed by atoms with Crippen LogP contribution in [0, 0.1) is 17.0 Å². The number of non-ortho nitro benzene ring substituents is 1. The summed E-state index contributed by atoms with van der Waals surface area (Å²) in [7, 11) is 0. The Kier molecular flexibility index (Phi) is 5.61. The molecular formula is C15H15N3O5S. The van der Waals surface area contributed by atoms with Crippen LogP contribution in [0.3, 0.4) is 0 Å². The first-order valence-electron chi connectivity index (χ1n) is 6.94. The van der Waals surface area contributed by atoms with Gasteiger partial charge in [0.05, 0.1) is 4.92 Å². The van der Waals surface area contributed by atoms with Crippen LogP contribution < -0.4 is 10.6 Å². The molecule has 0 saturated heterocycles. The van der Waals surface area contributed by atoms with Crippen molar-refractivity contribution in [3.63, 3.8) is 0 Å². The van der Waals surface area contributed by atoms with E-state index in [-0.39, 0.29) is 12.2 Å². The van der Waals surface area contributed by atoms with Gasteiger partial charge in [-0.25, -0.2) is 0 Å². The molecule has 9 heteroatoms. The Hall–Kier alpha value is -2.78. The molecule has 1 aromatic carbocycles. The number of hydrogen-bond donors (Lipinski definition) is 3. The Bertz CT molecular complexity index is 760. The highest BCUT2D eigenvalue weighted by molar-refractivity contribution is 7.10. The first kappa shape index (κ1) is 17.6. The lowest BCUT2D eigenvalue weighted by Crippen LogP contribution is -2.37. The van der Waals surface area contributed by atoms with Crippen molar-refractivity contribution in [1.29, 1.82) is 0 Å². The van der Waals surface area contributed by atoms with Crippen molar-refractivity contribution in [1.82, 2.24) is 5.32 Å². The van der Waals surface area contributed by atoms with Crippen molar-refractivity contribution in [3.05, 3.63) is 56.3 Å². The minimum Gasteiger partial charge on any atom is -0.386 e. The third kappa shape index (κ3) is 4.37. The average Bonchev–Trinajstić information content (AvgIpc) is 3.08. The number of rotatable bonds is 5. The van der Waals surface area contributed by atoms with Gasteiger partial charge in [-0.2, -0.15) is 0 Å². The predicted molar refractivity (Wildman–Crippen MR) is 88.8 cm³/mol. The van der Waals surface area contributed by atoms with Crippen LogP contribution in [0.1, 0.15) is 16.5 Å². The molecule has 2 amide bonds. The molecule has 0 fully saturated rings. The van der Waals surface area contributed by atoms with Crippen molar-refractivity contribution < 1.29 is 19.6 Å². The highest BCUT2D eigenvalue weighted by Crippen LogP contribution is 2.21. The van der Waals surface area contributed by atoms with Gasteiger partial charge in [0, 0.05) is 29.2 Å². The standard InChI is InChI=1S/C15H15N3O5S/c1-9-7-10(18(22)23)4-5-11(9)17-15(21)14(20)16-8-12(19)13-3-2-6-24-13/h2-7,12,19H,8H2,1H3,(H,16,20)(H,17,21). The Labute approximate surface area is 141 Å². The summed E-state index contributed by atoms with van der Waals surface area (Å²) < 4.78 is 0. The lowest BCUT2D eigenvalue weighted by molar-refractivity contribution is -0.384. The van der Waals surface area contributed by atoms with Crippen LogP contribution in [0.15, 0.2) is 35.7 Å². The summed E-state index contributed by atoms with van der Waals surface area (Å²) in [6.45, 7) is 1.49. The van der Waals surface area contributed by atoms with Crippen LogP contribution in [0.25, 0.3) is 0 Å². The van der Waals surface area contributed by atoms with Crippen LogP contribution >= 0.6 is 11.3 Å². The number of carbonyl (C=O) groups is 2. The number of aliphatic hydroxyl groups excluding tert-OH is 1. The Morgan fingerprint density at radius 3 is 2.67 bits per heavy atom. The molecule has 0 aliphatic heterocycles. The molecule has 2 aromatic rings. The van der Waals surface area contributed by atoms with Crippen molar-refractivity contribution in [2.75, 3.05) is 11.9 Å². The smallest absolute Gasteiger partial charge is 0.313 e. The van der Waals surface area contributed by atoms with E-state index >= 15 is 0 Å². The Morgan fingerprint density at radius 2 is 2.08 bits per heavy atom. The van der Waals surface area contributed by atoms with Crippen LogP contribution in [0.2, 0.25) is 0 Å². The molecule has 3 N–H and O–H groups in total. The van der Waals surface area contributed by atoms with E-state index in [1.165, 1.54) is 29.5 Å². The second-order valence-corrected chi connectivity index (χ2v) is 5.93. The number of benzene rings is 1. The van der Waals surface area contributed by atoms with Crippen molar-refractivity contribution >= 4 is 34.5 Å². The van der Waals surface area contributed by atoms with Crippen molar-refractivity contribution in [3.8, 4) is 0 Å². The Morgan fingerprint density at radius 1 is 1.33 bits per heavy atom. The number of amides is 2. The quantitative estimate of drug-likeness (QED) is 0.431. The van der Waals surface area contributed by atoms with Gasteiger partial charge in [-0.05, 0) is 30.0 Å². The second-order valence-electron chi connectivity index (χ2n) is 4.95. The van der Waals surface area contributed by atoms with E-state index in [1.807, 2.05) is 0 Å². The number of nitrogens with zero attached hydrogens (tertiary/aromatic N) is 1. The maximum absolute atomic E-state index is 11.8. The van der Waals surface area contributed by atoms with Crippen LogP contribution in [-0.4, -0.2) is 28.4 Å². The van der Waals surface area contributed by atoms with E-state index < -0.39 is 22.8 Å². The van der Waals surface area contributed by atoms with Gasteiger partial charge < -0.3 is 15.7 Å². The summed E-state index contributed by atoms with van der Waals surface area (Å²) in [4.78, 5) is 34.4. The summed E-state index contributed by atoms with van der Waals surface area (Å²) in [5, 5.41) is 27.0. The van der Waals surface area contributed by atoms with E-state index in [2.05, 4.69) is 10.6 Å². The summed E-state index contributed by atoms with van der Waals surface area (Å²) >= 11 is 1.34. The zero-order valence-electron chi connectivity index (χ0n) is 12.7. The van der Waals surface area contributed by atoms with Crippen molar-refractivity contribution in [2.45, 2.75) is 13.0 Å². The van der Waals surface area contributed by atoms with E-state index in [0.717, 1.165) is 0 Å². The fourth-order valence-corrected chi connectivity index (χ4v) is 2.64. The number of aliphatic hydroxyl groups is 1. The van der Waals surface area contributed by atoms with Crippen molar-refractivity contribution in [2.24, 2.45) is 0 Å². The number of nitro benzene ring substituents is 1. The molecule has 0 aliphatic carbocycles. The number of nitro groups is 1. The SMILES string of the molecule is Cc1cc([N+](=O)[O-])ccc1NC(=O)C(=O)NCC(O)c1cccs1. The number of thiophene rings is 1. The molecule has 1 unspecified atom stereocenters. The van der Waals surface area contributed by atoms with E-state index in [9.17, 15) is 24.8 Å². The number of anilines is 1. The van der Waals surface area contributed by atoms with Gasteiger partial charge in [-0.1, -0.05) is 6.07 Å². The topological polar surface area (TPSA) is 122 Å². The van der Waals surface area contributed by atoms with Crippen LogP contribution in [0.5, 0.6) is 0 Å². The monoisotopic (exact) mass is 349 g/mol. The van der Waals surface area contributed by atoms with Gasteiger partial charge in [0.15, 0.2) is 0 Å². The summed E-state index contributed by atoms with van der Waals surface area (Å²) in [5.74, 6) is -1.81. The molecule has 1 aromatic heterocycles. The highest BCUT2D eigenvalue weighted by atomic mass is 32.1. The van der Waals surface area contributed by atoms with E-state index in [1.54, 1.807) is 24.4 Å². The third-order valence-electron chi connectivity index (χ3n) is 3.20. The third-order valence-corrected chi connectivity index (χ3v) is 4.18. The van der Waals surface area contributed by atoms with Gasteiger partial charge in [-0.3, -0.25) is 19.7 Å². The minimum atomic E-state index is -0.912. The molecule has 2 rings (SSSR count). The second kappa shape index (κ2) is 7.66. The number of hydrogen-bond acceptors (Lipinski definition) is 6. The normalized spacial score (nSPS) is 11.6.